The van der Waals surface area contributed by atoms with Crippen LogP contribution in [0, 0.1) is 22.7 Å². The van der Waals surface area contributed by atoms with Crippen molar-refractivity contribution in [2.75, 3.05) is 13.7 Å². The molecule has 0 aromatic heterocycles. The smallest absolute Gasteiger partial charge is 0.315 e. The van der Waals surface area contributed by atoms with Crippen LogP contribution in [-0.2, 0) is 23.9 Å². The summed E-state index contributed by atoms with van der Waals surface area (Å²) in [5, 5.41) is 10.5. The van der Waals surface area contributed by atoms with Crippen LogP contribution in [0.5, 0.6) is 0 Å². The third-order valence-corrected chi connectivity index (χ3v) is 6.64. The third-order valence-electron chi connectivity index (χ3n) is 6.64. The quantitative estimate of drug-likeness (QED) is 0.594. The highest BCUT2D eigenvalue weighted by Gasteiger charge is 2.59. The van der Waals surface area contributed by atoms with Crippen LogP contribution < -0.4 is 0 Å². The van der Waals surface area contributed by atoms with Crippen molar-refractivity contribution in [1.29, 1.82) is 0 Å². The molecule has 1 saturated carbocycles. The number of carbonyl (C=O) groups is 3. The van der Waals surface area contributed by atoms with Gasteiger partial charge in [0.15, 0.2) is 5.78 Å². The number of aliphatic hydroxyl groups excluding tert-OH is 1. The second-order valence-corrected chi connectivity index (χ2v) is 8.07. The van der Waals surface area contributed by atoms with Crippen molar-refractivity contribution in [2.45, 2.75) is 59.5 Å². The van der Waals surface area contributed by atoms with Gasteiger partial charge in [0, 0.05) is 6.92 Å². The van der Waals surface area contributed by atoms with Crippen molar-refractivity contribution in [1.82, 2.24) is 0 Å². The average Bonchev–Trinajstić information content (AvgIpc) is 2.59. The first-order valence-electron chi connectivity index (χ1n) is 9.24. The minimum Gasteiger partial charge on any atom is -0.468 e. The number of rotatable bonds is 5. The standard InChI is InChI=1S/C20H30O6/c1-12-7-8-14-15(19(12,3)9-6-10-26-13(2)21)11-16(22)17(23)20(14,4)18(24)25-5/h11-12,14,17,23H,6-10H2,1-5H3/t12?,14-,17?,19-,20+/m0/s1. The highest BCUT2D eigenvalue weighted by molar-refractivity contribution is 6.00. The molecule has 0 saturated heterocycles. The fourth-order valence-corrected chi connectivity index (χ4v) is 4.70. The molecule has 0 spiro atoms. The van der Waals surface area contributed by atoms with Crippen molar-refractivity contribution < 1.29 is 29.0 Å². The van der Waals surface area contributed by atoms with E-state index in [1.807, 2.05) is 0 Å². The summed E-state index contributed by atoms with van der Waals surface area (Å²) in [7, 11) is 1.28. The number of ketones is 1. The van der Waals surface area contributed by atoms with Crippen LogP contribution in [-0.4, -0.2) is 42.6 Å². The van der Waals surface area contributed by atoms with E-state index in [-0.39, 0.29) is 17.3 Å². The van der Waals surface area contributed by atoms with E-state index in [9.17, 15) is 19.5 Å². The molecule has 0 aliphatic heterocycles. The van der Waals surface area contributed by atoms with Crippen molar-refractivity contribution in [3.63, 3.8) is 0 Å². The predicted octanol–water partition coefficient (Wildman–Crippen LogP) is 2.43. The van der Waals surface area contributed by atoms with Gasteiger partial charge in [-0.2, -0.15) is 0 Å². The number of fused-ring (bicyclic) bond motifs is 1. The molecule has 0 radical (unpaired) electrons. The summed E-state index contributed by atoms with van der Waals surface area (Å²) in [5.41, 5.74) is -0.649. The number of hydrogen-bond acceptors (Lipinski definition) is 6. The number of allylic oxidation sites excluding steroid dienone is 1. The van der Waals surface area contributed by atoms with Crippen molar-refractivity contribution in [2.24, 2.45) is 22.7 Å². The molecule has 6 heteroatoms. The van der Waals surface area contributed by atoms with Gasteiger partial charge in [-0.05, 0) is 55.9 Å². The van der Waals surface area contributed by atoms with E-state index in [0.29, 0.717) is 18.9 Å². The first kappa shape index (κ1) is 20.6. The van der Waals surface area contributed by atoms with E-state index in [4.69, 9.17) is 9.47 Å². The number of aliphatic hydroxyl groups is 1. The van der Waals surface area contributed by atoms with Crippen molar-refractivity contribution in [3.05, 3.63) is 11.6 Å². The zero-order chi connectivity index (χ0) is 19.7. The van der Waals surface area contributed by atoms with Crippen LogP contribution in [0.4, 0.5) is 0 Å². The van der Waals surface area contributed by atoms with Crippen LogP contribution >= 0.6 is 0 Å². The lowest BCUT2D eigenvalue weighted by molar-refractivity contribution is -0.169. The van der Waals surface area contributed by atoms with E-state index < -0.39 is 23.3 Å². The zero-order valence-corrected chi connectivity index (χ0v) is 16.3. The normalized spacial score (nSPS) is 36.8. The molecule has 1 N–H and O–H groups in total. The van der Waals surface area contributed by atoms with Gasteiger partial charge >= 0.3 is 11.9 Å². The summed E-state index contributed by atoms with van der Waals surface area (Å²) in [5.74, 6) is -1.22. The van der Waals surface area contributed by atoms with Crippen LogP contribution in [0.2, 0.25) is 0 Å². The molecule has 0 bridgehead atoms. The Bertz CT molecular complexity index is 624. The van der Waals surface area contributed by atoms with Gasteiger partial charge in [0.1, 0.15) is 11.5 Å². The van der Waals surface area contributed by atoms with E-state index in [1.54, 1.807) is 13.0 Å². The van der Waals surface area contributed by atoms with Crippen LogP contribution in [0.3, 0.4) is 0 Å². The highest BCUT2D eigenvalue weighted by Crippen LogP contribution is 2.58. The molecule has 146 valence electrons. The Labute approximate surface area is 154 Å². The maximum Gasteiger partial charge on any atom is 0.315 e. The molecule has 0 amide bonds. The number of hydrogen-bond donors (Lipinski definition) is 1. The molecule has 0 aromatic rings. The Kier molecular flexibility index (Phi) is 5.95. The van der Waals surface area contributed by atoms with Gasteiger partial charge in [-0.25, -0.2) is 0 Å². The number of carbonyl (C=O) groups excluding carboxylic acids is 3. The minimum absolute atomic E-state index is 0.238. The van der Waals surface area contributed by atoms with Gasteiger partial charge in [0.25, 0.3) is 0 Å². The van der Waals surface area contributed by atoms with Crippen LogP contribution in [0.1, 0.15) is 53.4 Å². The maximum absolute atomic E-state index is 12.5. The summed E-state index contributed by atoms with van der Waals surface area (Å²) in [4.78, 5) is 36.0. The Balaban J connectivity index is 2.36. The monoisotopic (exact) mass is 366 g/mol. The van der Waals surface area contributed by atoms with Gasteiger partial charge in [0.05, 0.1) is 13.7 Å². The second kappa shape index (κ2) is 7.51. The van der Waals surface area contributed by atoms with Gasteiger partial charge in [-0.15, -0.1) is 0 Å². The molecule has 2 aliphatic rings. The number of esters is 2. The lowest BCUT2D eigenvalue weighted by atomic mass is 9.51. The molecule has 26 heavy (non-hydrogen) atoms. The van der Waals surface area contributed by atoms with Crippen molar-refractivity contribution >= 4 is 17.7 Å². The fourth-order valence-electron chi connectivity index (χ4n) is 4.70. The summed E-state index contributed by atoms with van der Waals surface area (Å²) in [6.07, 6.45) is 3.19. The highest BCUT2D eigenvalue weighted by atomic mass is 16.5. The second-order valence-electron chi connectivity index (χ2n) is 8.07. The van der Waals surface area contributed by atoms with E-state index in [0.717, 1.165) is 24.8 Å². The largest absolute Gasteiger partial charge is 0.468 e. The molecule has 2 rings (SSSR count). The predicted molar refractivity (Wildman–Crippen MR) is 95.1 cm³/mol. The Hall–Kier alpha value is -1.69. The summed E-state index contributed by atoms with van der Waals surface area (Å²) in [6.45, 7) is 7.60. The first-order valence-corrected chi connectivity index (χ1v) is 9.24. The molecule has 6 nitrogen and oxygen atoms in total. The van der Waals surface area contributed by atoms with Gasteiger partial charge in [0.2, 0.25) is 0 Å². The fraction of sp³-hybridized carbons (Fsp3) is 0.750. The zero-order valence-electron chi connectivity index (χ0n) is 16.3. The molecule has 5 atom stereocenters. The molecule has 2 aliphatic carbocycles. The summed E-state index contributed by atoms with van der Waals surface area (Å²) in [6, 6.07) is 0. The van der Waals surface area contributed by atoms with E-state index >= 15 is 0 Å². The van der Waals surface area contributed by atoms with E-state index in [2.05, 4.69) is 13.8 Å². The average molecular weight is 366 g/mol. The van der Waals surface area contributed by atoms with Gasteiger partial charge < -0.3 is 14.6 Å². The first-order chi connectivity index (χ1) is 12.1. The molecular formula is C20H30O6. The van der Waals surface area contributed by atoms with Crippen LogP contribution in [0.15, 0.2) is 11.6 Å². The number of ether oxygens (including phenoxy) is 2. The Morgan fingerprint density at radius 2 is 1.96 bits per heavy atom. The lowest BCUT2D eigenvalue weighted by Gasteiger charge is -2.53. The molecular weight excluding hydrogens is 336 g/mol. The third kappa shape index (κ3) is 3.31. The van der Waals surface area contributed by atoms with Gasteiger partial charge in [-0.3, -0.25) is 14.4 Å². The lowest BCUT2D eigenvalue weighted by Crippen LogP contribution is -2.56. The maximum atomic E-state index is 12.5. The molecule has 0 aromatic carbocycles. The number of methoxy groups -OCH3 is 1. The minimum atomic E-state index is -1.39. The summed E-state index contributed by atoms with van der Waals surface area (Å²) >= 11 is 0. The van der Waals surface area contributed by atoms with Gasteiger partial charge in [-0.1, -0.05) is 19.4 Å². The SMILES string of the molecule is COC(=O)[C@@]1(C)C(O)C(=O)C=C2[C@@H]1CCC(C)[C@]2(C)CCCOC(C)=O. The van der Waals surface area contributed by atoms with Crippen LogP contribution in [0.25, 0.3) is 0 Å². The topological polar surface area (TPSA) is 89.9 Å². The van der Waals surface area contributed by atoms with Crippen molar-refractivity contribution in [3.8, 4) is 0 Å². The summed E-state index contributed by atoms with van der Waals surface area (Å²) < 4.78 is 9.99. The molecule has 0 heterocycles. The van der Waals surface area contributed by atoms with E-state index in [1.165, 1.54) is 14.0 Å². The molecule has 2 unspecified atom stereocenters. The Morgan fingerprint density at radius 3 is 2.54 bits per heavy atom. The molecule has 1 fully saturated rings. The Morgan fingerprint density at radius 1 is 1.31 bits per heavy atom.